The number of nitrogens with zero attached hydrogens (tertiary/aromatic N) is 5. The van der Waals surface area contributed by atoms with Crippen LogP contribution in [0.4, 0.5) is 0 Å². The van der Waals surface area contributed by atoms with Gasteiger partial charge < -0.3 is 5.73 Å². The molecule has 0 spiro atoms. The van der Waals surface area contributed by atoms with E-state index < -0.39 is 0 Å². The first-order valence-corrected chi connectivity index (χ1v) is 8.24. The van der Waals surface area contributed by atoms with E-state index in [2.05, 4.69) is 20.2 Å². The van der Waals surface area contributed by atoms with E-state index in [-0.39, 0.29) is 11.0 Å². The number of rotatable bonds is 3. The molecule has 7 heteroatoms. The van der Waals surface area contributed by atoms with Gasteiger partial charge in [-0.1, -0.05) is 23.7 Å². The quantitative estimate of drug-likeness (QED) is 0.793. The molecule has 2 bridgehead atoms. The van der Waals surface area contributed by atoms with Crippen LogP contribution in [0, 0.1) is 0 Å². The van der Waals surface area contributed by atoms with Gasteiger partial charge in [0.25, 0.3) is 0 Å². The summed E-state index contributed by atoms with van der Waals surface area (Å²) in [6.07, 6.45) is 6.06. The Kier molecular flexibility index (Phi) is 2.71. The van der Waals surface area contributed by atoms with Gasteiger partial charge in [0, 0.05) is 17.2 Å². The van der Waals surface area contributed by atoms with Gasteiger partial charge in [0.1, 0.15) is 17.8 Å². The zero-order valence-corrected chi connectivity index (χ0v) is 13.6. The molecule has 3 aromatic rings. The minimum Gasteiger partial charge on any atom is -0.325 e. The molecule has 6 nitrogen and oxygen atoms in total. The van der Waals surface area contributed by atoms with Crippen LogP contribution in [0.25, 0.3) is 17.2 Å². The molecule has 0 radical (unpaired) electrons. The molecule has 0 atom stereocenters. The van der Waals surface area contributed by atoms with Crippen molar-refractivity contribution in [1.82, 2.24) is 24.7 Å². The Morgan fingerprint density at radius 3 is 2.54 bits per heavy atom. The maximum atomic E-state index is 6.46. The van der Waals surface area contributed by atoms with Crippen LogP contribution in [0.1, 0.15) is 25.1 Å². The number of nitrogens with two attached hydrogens (primary N) is 1. The van der Waals surface area contributed by atoms with Crippen molar-refractivity contribution >= 4 is 11.6 Å². The van der Waals surface area contributed by atoms with Gasteiger partial charge in [-0.15, -0.1) is 10.2 Å². The van der Waals surface area contributed by atoms with E-state index in [1.165, 1.54) is 6.33 Å². The lowest BCUT2D eigenvalue weighted by atomic mass is 9.39. The average Bonchev–Trinajstić information content (AvgIpc) is 2.97. The van der Waals surface area contributed by atoms with Crippen molar-refractivity contribution in [3.05, 3.63) is 53.7 Å². The number of halogens is 1. The molecule has 3 aliphatic rings. The Labute approximate surface area is 143 Å². The lowest BCUT2D eigenvalue weighted by Gasteiger charge is -2.68. The van der Waals surface area contributed by atoms with Crippen LogP contribution in [0.3, 0.4) is 0 Å². The van der Waals surface area contributed by atoms with Crippen molar-refractivity contribution in [3.63, 3.8) is 0 Å². The first kappa shape index (κ1) is 14.1. The van der Waals surface area contributed by atoms with Crippen molar-refractivity contribution in [2.75, 3.05) is 0 Å². The highest BCUT2D eigenvalue weighted by Crippen LogP contribution is 2.66. The number of benzene rings is 1. The third-order valence-corrected chi connectivity index (χ3v) is 5.43. The Hall–Kier alpha value is -2.31. The molecule has 0 aliphatic heterocycles. The van der Waals surface area contributed by atoms with Crippen molar-refractivity contribution in [2.45, 2.75) is 30.2 Å². The minimum absolute atomic E-state index is 0.00760. The topological polar surface area (TPSA) is 82.5 Å². The average molecular weight is 339 g/mol. The van der Waals surface area contributed by atoms with Crippen LogP contribution in [0.2, 0.25) is 5.02 Å². The molecule has 3 saturated carbocycles. The van der Waals surface area contributed by atoms with E-state index in [9.17, 15) is 0 Å². The zero-order chi connectivity index (χ0) is 16.4. The van der Waals surface area contributed by atoms with Crippen LogP contribution in [-0.2, 0) is 5.41 Å². The lowest BCUT2D eigenvalue weighted by molar-refractivity contribution is -0.0663. The molecular formula is C17H15ClN6. The molecule has 6 rings (SSSR count). The van der Waals surface area contributed by atoms with Crippen LogP contribution < -0.4 is 5.73 Å². The van der Waals surface area contributed by atoms with E-state index in [1.54, 1.807) is 6.20 Å². The van der Waals surface area contributed by atoms with Crippen LogP contribution in [0.15, 0.2) is 42.9 Å². The fourth-order valence-electron chi connectivity index (χ4n) is 4.18. The third-order valence-electron chi connectivity index (χ3n) is 5.11. The molecule has 24 heavy (non-hydrogen) atoms. The first-order chi connectivity index (χ1) is 11.6. The summed E-state index contributed by atoms with van der Waals surface area (Å²) in [6, 6.07) is 9.55. The summed E-state index contributed by atoms with van der Waals surface area (Å²) >= 11 is 6.46. The van der Waals surface area contributed by atoms with E-state index in [4.69, 9.17) is 17.3 Å². The van der Waals surface area contributed by atoms with Crippen molar-refractivity contribution in [1.29, 1.82) is 0 Å². The van der Waals surface area contributed by atoms with Gasteiger partial charge in [0.05, 0.1) is 10.7 Å². The number of hydrogen-bond donors (Lipinski definition) is 1. The normalized spacial score (nSPS) is 27.4. The smallest absolute Gasteiger partial charge is 0.187 e. The van der Waals surface area contributed by atoms with E-state index in [0.717, 1.165) is 36.5 Å². The zero-order valence-electron chi connectivity index (χ0n) is 12.9. The number of para-hydroxylation sites is 1. The van der Waals surface area contributed by atoms with Crippen molar-refractivity contribution in [3.8, 4) is 17.2 Å². The maximum Gasteiger partial charge on any atom is 0.187 e. The number of aromatic nitrogens is 5. The maximum absolute atomic E-state index is 6.46. The summed E-state index contributed by atoms with van der Waals surface area (Å²) in [5.41, 5.74) is 7.84. The van der Waals surface area contributed by atoms with Gasteiger partial charge in [0.2, 0.25) is 0 Å². The molecular weight excluding hydrogens is 324 g/mol. The Bertz CT molecular complexity index is 915. The summed E-state index contributed by atoms with van der Waals surface area (Å²) in [7, 11) is 0. The van der Waals surface area contributed by atoms with E-state index in [1.807, 2.05) is 34.9 Å². The fourth-order valence-corrected chi connectivity index (χ4v) is 4.40. The van der Waals surface area contributed by atoms with Gasteiger partial charge >= 0.3 is 0 Å². The molecule has 0 unspecified atom stereocenters. The number of hydrogen-bond acceptors (Lipinski definition) is 5. The molecule has 2 N–H and O–H groups in total. The molecule has 0 saturated heterocycles. The van der Waals surface area contributed by atoms with Gasteiger partial charge in [-0.2, -0.15) is 0 Å². The van der Waals surface area contributed by atoms with Crippen LogP contribution in [-0.4, -0.2) is 30.3 Å². The van der Waals surface area contributed by atoms with E-state index >= 15 is 0 Å². The Morgan fingerprint density at radius 2 is 1.88 bits per heavy atom. The third kappa shape index (κ3) is 1.81. The largest absolute Gasteiger partial charge is 0.325 e. The SMILES string of the molecule is NC12CC(c3nnc(-c4ccncn4)n3-c3ccccc3Cl)(C1)C2. The first-order valence-electron chi connectivity index (χ1n) is 7.86. The molecule has 3 fully saturated rings. The summed E-state index contributed by atoms with van der Waals surface area (Å²) in [5.74, 6) is 1.60. The fraction of sp³-hybridized carbons (Fsp3) is 0.294. The molecule has 1 aromatic carbocycles. The van der Waals surface area contributed by atoms with Gasteiger partial charge in [-0.05, 0) is 37.5 Å². The minimum atomic E-state index is -0.00760. The summed E-state index contributed by atoms with van der Waals surface area (Å²) in [5, 5.41) is 9.59. The second kappa shape index (κ2) is 4.62. The summed E-state index contributed by atoms with van der Waals surface area (Å²) < 4.78 is 2.03. The Morgan fingerprint density at radius 1 is 1.08 bits per heavy atom. The lowest BCUT2D eigenvalue weighted by Crippen LogP contribution is -2.75. The molecule has 120 valence electrons. The standard InChI is InChI=1S/C17H15ClN6/c18-11-3-1-2-4-13(11)24-14(12-5-6-20-10-21-12)22-23-15(24)16-7-17(19,8-16)9-16/h1-6,10H,7-9,19H2. The Balaban J connectivity index is 1.73. The van der Waals surface area contributed by atoms with Gasteiger partial charge in [0.15, 0.2) is 5.82 Å². The van der Waals surface area contributed by atoms with E-state index in [0.29, 0.717) is 10.8 Å². The molecule has 2 aromatic heterocycles. The molecule has 2 heterocycles. The molecule has 3 aliphatic carbocycles. The van der Waals surface area contributed by atoms with Crippen LogP contribution in [0.5, 0.6) is 0 Å². The molecule has 0 amide bonds. The van der Waals surface area contributed by atoms with Gasteiger partial charge in [-0.3, -0.25) is 4.57 Å². The van der Waals surface area contributed by atoms with Crippen molar-refractivity contribution in [2.24, 2.45) is 5.73 Å². The summed E-state index contributed by atoms with van der Waals surface area (Å²) in [6.45, 7) is 0. The predicted octanol–water partition coefficient (Wildman–Crippen LogP) is 2.51. The second-order valence-electron chi connectivity index (χ2n) is 6.90. The highest BCUT2D eigenvalue weighted by atomic mass is 35.5. The summed E-state index contributed by atoms with van der Waals surface area (Å²) in [4.78, 5) is 8.31. The van der Waals surface area contributed by atoms with Crippen LogP contribution >= 0.6 is 11.6 Å². The monoisotopic (exact) mass is 338 g/mol. The van der Waals surface area contributed by atoms with Gasteiger partial charge in [-0.25, -0.2) is 9.97 Å². The highest BCUT2D eigenvalue weighted by molar-refractivity contribution is 6.32. The second-order valence-corrected chi connectivity index (χ2v) is 7.31. The van der Waals surface area contributed by atoms with Crippen molar-refractivity contribution < 1.29 is 0 Å². The predicted molar refractivity (Wildman–Crippen MR) is 89.8 cm³/mol. The highest BCUT2D eigenvalue weighted by Gasteiger charge is 2.68.